The molecule has 26 heavy (non-hydrogen) atoms. The lowest BCUT2D eigenvalue weighted by Crippen LogP contribution is -3.13. The molecule has 1 saturated heterocycles. The van der Waals surface area contributed by atoms with Crippen LogP contribution in [0.4, 0.5) is 14.9 Å². The summed E-state index contributed by atoms with van der Waals surface area (Å²) in [4.78, 5) is 12.9. The van der Waals surface area contributed by atoms with Gasteiger partial charge in [-0.25, -0.2) is 18.2 Å². The number of anilines is 1. The highest BCUT2D eigenvalue weighted by Gasteiger charge is 2.40. The average Bonchev–Trinajstić information content (AvgIpc) is 2.80. The number of quaternary nitrogens is 1. The fourth-order valence-electron chi connectivity index (χ4n) is 3.03. The van der Waals surface area contributed by atoms with Gasteiger partial charge in [0, 0.05) is 19.7 Å². The Morgan fingerprint density at radius 3 is 2.62 bits per heavy atom. The van der Waals surface area contributed by atoms with Crippen molar-refractivity contribution >= 4 is 22.0 Å². The lowest BCUT2D eigenvalue weighted by molar-refractivity contribution is -0.888. The van der Waals surface area contributed by atoms with Crippen LogP contribution in [0.2, 0.25) is 0 Å². The number of likely N-dealkylation sites (tertiary alicyclic amines) is 1. The fraction of sp³-hybridized carbons (Fsp3) is 0.733. The number of halogens is 1. The van der Waals surface area contributed by atoms with Crippen molar-refractivity contribution in [3.05, 3.63) is 12.4 Å². The lowest BCUT2D eigenvalue weighted by Gasteiger charge is -2.36. The molecule has 1 fully saturated rings. The van der Waals surface area contributed by atoms with Gasteiger partial charge < -0.3 is 9.64 Å². The summed E-state index contributed by atoms with van der Waals surface area (Å²) in [6.45, 7) is 5.61. The van der Waals surface area contributed by atoms with Crippen LogP contribution in [-0.2, 0) is 22.0 Å². The molecule has 2 heterocycles. The summed E-state index contributed by atoms with van der Waals surface area (Å²) >= 11 is 0. The molecule has 148 valence electrons. The molecule has 0 saturated carbocycles. The molecular formula is C15H27FN5O4S+. The predicted octanol–water partition coefficient (Wildman–Crippen LogP) is -0.379. The Morgan fingerprint density at radius 2 is 2.12 bits per heavy atom. The Hall–Kier alpha value is -1.88. The van der Waals surface area contributed by atoms with Crippen molar-refractivity contribution < 1.29 is 27.2 Å². The molecule has 1 aromatic heterocycles. The number of nitrogens with one attached hydrogen (secondary N) is 2. The van der Waals surface area contributed by atoms with Crippen molar-refractivity contribution in [1.29, 1.82) is 0 Å². The summed E-state index contributed by atoms with van der Waals surface area (Å²) in [6, 6.07) is -0.650. The van der Waals surface area contributed by atoms with Crippen LogP contribution in [0.5, 0.6) is 0 Å². The third-order valence-corrected chi connectivity index (χ3v) is 5.28. The smallest absolute Gasteiger partial charge is 0.422 e. The second-order valence-corrected chi connectivity index (χ2v) is 9.18. The number of ether oxygens (including phenoxy) is 1. The van der Waals surface area contributed by atoms with E-state index in [4.69, 9.17) is 4.74 Å². The van der Waals surface area contributed by atoms with E-state index < -0.39 is 34.1 Å². The first-order valence-corrected chi connectivity index (χ1v) is 9.80. The molecule has 2 N–H and O–H groups in total. The second kappa shape index (κ2) is 7.39. The van der Waals surface area contributed by atoms with E-state index in [9.17, 15) is 17.6 Å². The zero-order valence-electron chi connectivity index (χ0n) is 15.7. The SMILES string of the molecule is Cn1cc(N([C@@H]2C[C@H](F)C[NH+](C)C2)S(=O)(=O)NC(=O)OC(C)(C)C)cn1. The van der Waals surface area contributed by atoms with E-state index in [1.807, 2.05) is 4.72 Å². The van der Waals surface area contributed by atoms with Crippen molar-refractivity contribution in [2.75, 3.05) is 24.4 Å². The number of alkyl halides is 1. The van der Waals surface area contributed by atoms with Gasteiger partial charge >= 0.3 is 16.3 Å². The van der Waals surface area contributed by atoms with Gasteiger partial charge in [0.05, 0.1) is 31.5 Å². The molecule has 1 aliphatic rings. The maximum atomic E-state index is 14.1. The van der Waals surface area contributed by atoms with Crippen LogP contribution >= 0.6 is 0 Å². The van der Waals surface area contributed by atoms with Gasteiger partial charge in [0.15, 0.2) is 6.17 Å². The molecule has 1 amide bonds. The number of rotatable bonds is 4. The first-order chi connectivity index (χ1) is 11.9. The molecular weight excluding hydrogens is 365 g/mol. The minimum Gasteiger partial charge on any atom is -0.443 e. The standard InChI is InChI=1S/C15H26FN5O4S/c1-15(2,3)25-14(22)18-26(23,24)21(13-7-17-20(5)10-13)12-6-11(16)8-19(4)9-12/h7,10-12H,6,8-9H2,1-5H3,(H,18,22)/p+1/t11-,12+/m0/s1. The van der Waals surface area contributed by atoms with Gasteiger partial charge in [-0.15, -0.1) is 0 Å². The number of nitrogens with zero attached hydrogens (tertiary/aromatic N) is 3. The number of aryl methyl sites for hydroxylation is 1. The Balaban J connectivity index is 2.32. The van der Waals surface area contributed by atoms with E-state index in [2.05, 4.69) is 5.10 Å². The van der Waals surface area contributed by atoms with E-state index in [-0.39, 0.29) is 12.1 Å². The van der Waals surface area contributed by atoms with Gasteiger partial charge in [-0.1, -0.05) is 0 Å². The predicted molar refractivity (Wildman–Crippen MR) is 93.9 cm³/mol. The van der Waals surface area contributed by atoms with Gasteiger partial charge in [0.25, 0.3) is 0 Å². The molecule has 0 radical (unpaired) electrons. The second-order valence-electron chi connectivity index (χ2n) is 7.63. The average molecular weight is 392 g/mol. The quantitative estimate of drug-likeness (QED) is 0.728. The van der Waals surface area contributed by atoms with E-state index >= 15 is 0 Å². The third-order valence-electron chi connectivity index (χ3n) is 3.83. The number of likely N-dealkylation sites (N-methyl/N-ethyl adjacent to an activating group) is 1. The highest BCUT2D eigenvalue weighted by atomic mass is 32.2. The van der Waals surface area contributed by atoms with Crippen molar-refractivity contribution in [3.8, 4) is 0 Å². The first kappa shape index (κ1) is 20.4. The summed E-state index contributed by atoms with van der Waals surface area (Å²) in [7, 11) is -0.860. The molecule has 1 aliphatic heterocycles. The minimum atomic E-state index is -4.30. The monoisotopic (exact) mass is 392 g/mol. The molecule has 0 bridgehead atoms. The van der Waals surface area contributed by atoms with Crippen LogP contribution in [0.1, 0.15) is 27.2 Å². The van der Waals surface area contributed by atoms with Crippen molar-refractivity contribution in [2.24, 2.45) is 7.05 Å². The zero-order valence-corrected chi connectivity index (χ0v) is 16.5. The number of carbonyl (C=O) groups is 1. The number of carbonyl (C=O) groups excluding carboxylic acids is 1. The largest absolute Gasteiger partial charge is 0.443 e. The topological polar surface area (TPSA) is 98.0 Å². The van der Waals surface area contributed by atoms with E-state index in [1.54, 1.807) is 34.9 Å². The van der Waals surface area contributed by atoms with Crippen LogP contribution in [-0.4, -0.2) is 62.2 Å². The van der Waals surface area contributed by atoms with Crippen LogP contribution in [0.3, 0.4) is 0 Å². The molecule has 2 rings (SSSR count). The summed E-state index contributed by atoms with van der Waals surface area (Å²) in [6.07, 6.45) is 0.697. The fourth-order valence-corrected chi connectivity index (χ4v) is 4.30. The van der Waals surface area contributed by atoms with Gasteiger partial charge in [0.2, 0.25) is 0 Å². The minimum absolute atomic E-state index is 0.0431. The Labute approximate surface area is 153 Å². The molecule has 1 unspecified atom stereocenters. The molecule has 0 spiro atoms. The maximum absolute atomic E-state index is 14.1. The van der Waals surface area contributed by atoms with Gasteiger partial charge in [-0.3, -0.25) is 4.68 Å². The summed E-state index contributed by atoms with van der Waals surface area (Å²) in [5, 5.41) is 3.99. The lowest BCUT2D eigenvalue weighted by atomic mass is 10.0. The van der Waals surface area contributed by atoms with Gasteiger partial charge in [0.1, 0.15) is 12.1 Å². The summed E-state index contributed by atoms with van der Waals surface area (Å²) in [5.41, 5.74) is -0.590. The molecule has 1 aromatic rings. The van der Waals surface area contributed by atoms with E-state index in [0.717, 1.165) is 9.21 Å². The Morgan fingerprint density at radius 1 is 1.46 bits per heavy atom. The normalized spacial score (nSPS) is 24.2. The van der Waals surface area contributed by atoms with Gasteiger partial charge in [-0.2, -0.15) is 13.5 Å². The summed E-state index contributed by atoms with van der Waals surface area (Å²) < 4.78 is 49.3. The zero-order chi connectivity index (χ0) is 19.7. The van der Waals surface area contributed by atoms with E-state index in [1.165, 1.54) is 17.1 Å². The number of piperidine rings is 1. The number of aromatic nitrogens is 2. The Kier molecular flexibility index (Phi) is 5.81. The molecule has 0 aromatic carbocycles. The number of hydrogen-bond acceptors (Lipinski definition) is 5. The Bertz CT molecular complexity index is 735. The highest BCUT2D eigenvalue weighted by molar-refractivity contribution is 7.91. The van der Waals surface area contributed by atoms with Crippen LogP contribution < -0.4 is 13.9 Å². The van der Waals surface area contributed by atoms with Gasteiger partial charge in [-0.05, 0) is 20.8 Å². The van der Waals surface area contributed by atoms with Crippen molar-refractivity contribution in [3.63, 3.8) is 0 Å². The first-order valence-electron chi connectivity index (χ1n) is 8.36. The van der Waals surface area contributed by atoms with Crippen LogP contribution in [0, 0.1) is 0 Å². The maximum Gasteiger partial charge on any atom is 0.422 e. The van der Waals surface area contributed by atoms with Crippen LogP contribution in [0.25, 0.3) is 0 Å². The highest BCUT2D eigenvalue weighted by Crippen LogP contribution is 2.23. The number of amides is 1. The van der Waals surface area contributed by atoms with E-state index in [0.29, 0.717) is 13.1 Å². The number of hydrogen-bond donors (Lipinski definition) is 2. The molecule has 9 nitrogen and oxygen atoms in total. The molecule has 3 atom stereocenters. The third kappa shape index (κ3) is 5.31. The van der Waals surface area contributed by atoms with Crippen molar-refractivity contribution in [1.82, 2.24) is 14.5 Å². The van der Waals surface area contributed by atoms with Crippen molar-refractivity contribution in [2.45, 2.75) is 45.0 Å². The molecule has 0 aliphatic carbocycles. The molecule has 11 heteroatoms. The summed E-state index contributed by atoms with van der Waals surface area (Å²) in [5.74, 6) is 0. The van der Waals surface area contributed by atoms with Crippen LogP contribution in [0.15, 0.2) is 12.4 Å².